The lowest BCUT2D eigenvalue weighted by atomic mass is 10.2. The van der Waals surface area contributed by atoms with Crippen LogP contribution in [0.25, 0.3) is 0 Å². The van der Waals surface area contributed by atoms with Gasteiger partial charge in [-0.2, -0.15) is 13.2 Å². The first kappa shape index (κ1) is 20.4. The normalized spacial score (nSPS) is 11.8. The molecule has 0 spiro atoms. The summed E-state index contributed by atoms with van der Waals surface area (Å²) >= 11 is 0. The third-order valence-electron chi connectivity index (χ3n) is 3.76. The van der Waals surface area contributed by atoms with Gasteiger partial charge in [-0.25, -0.2) is 0 Å². The van der Waals surface area contributed by atoms with Gasteiger partial charge in [-0.3, -0.25) is 9.78 Å². The van der Waals surface area contributed by atoms with Crippen molar-refractivity contribution in [3.05, 3.63) is 29.6 Å². The summed E-state index contributed by atoms with van der Waals surface area (Å²) in [6, 6.07) is 2.85. The molecule has 0 saturated carbocycles. The van der Waals surface area contributed by atoms with Crippen molar-refractivity contribution in [1.29, 1.82) is 0 Å². The molecule has 0 atom stereocenters. The second-order valence-corrected chi connectivity index (χ2v) is 5.38. The summed E-state index contributed by atoms with van der Waals surface area (Å²) < 4.78 is 37.6. The Balaban J connectivity index is 2.86. The van der Waals surface area contributed by atoms with Crippen molar-refractivity contribution in [1.82, 2.24) is 14.8 Å². The lowest BCUT2D eigenvalue weighted by Crippen LogP contribution is -2.40. The van der Waals surface area contributed by atoms with E-state index in [1.54, 1.807) is 0 Å². The minimum atomic E-state index is -4.32. The molecule has 0 bridgehead atoms. The zero-order valence-electron chi connectivity index (χ0n) is 14.0. The molecule has 1 aromatic rings. The van der Waals surface area contributed by atoms with E-state index in [1.807, 2.05) is 18.7 Å². The SMILES string of the molecule is CCN(CC)CCN(CCC(F)(F)F)C(=O)c1ccnc(CO)c1. The van der Waals surface area contributed by atoms with Gasteiger partial charge in [0.25, 0.3) is 5.91 Å². The van der Waals surface area contributed by atoms with E-state index in [-0.39, 0.29) is 25.3 Å². The fourth-order valence-corrected chi connectivity index (χ4v) is 2.26. The van der Waals surface area contributed by atoms with Gasteiger partial charge in [-0.05, 0) is 25.2 Å². The third-order valence-corrected chi connectivity index (χ3v) is 3.76. The highest BCUT2D eigenvalue weighted by Crippen LogP contribution is 2.20. The van der Waals surface area contributed by atoms with Crippen LogP contribution >= 0.6 is 0 Å². The van der Waals surface area contributed by atoms with Crippen LogP contribution in [0.4, 0.5) is 13.2 Å². The number of hydrogen-bond acceptors (Lipinski definition) is 4. The van der Waals surface area contributed by atoms with E-state index in [0.29, 0.717) is 12.2 Å². The average molecular weight is 347 g/mol. The minimum Gasteiger partial charge on any atom is -0.390 e. The maximum absolute atomic E-state index is 12.5. The van der Waals surface area contributed by atoms with Crippen molar-refractivity contribution < 1.29 is 23.1 Å². The van der Waals surface area contributed by atoms with Crippen molar-refractivity contribution >= 4 is 5.91 Å². The zero-order valence-corrected chi connectivity index (χ0v) is 14.0. The van der Waals surface area contributed by atoms with Gasteiger partial charge in [0.05, 0.1) is 18.7 Å². The molecule has 1 heterocycles. The van der Waals surface area contributed by atoms with Crippen LogP contribution in [-0.2, 0) is 6.61 Å². The summed E-state index contributed by atoms with van der Waals surface area (Å²) in [5.74, 6) is -0.483. The van der Waals surface area contributed by atoms with Crippen molar-refractivity contribution in [2.24, 2.45) is 0 Å². The topological polar surface area (TPSA) is 56.7 Å². The summed E-state index contributed by atoms with van der Waals surface area (Å²) in [5, 5.41) is 9.09. The Bertz CT molecular complexity index is 520. The molecule has 0 aliphatic carbocycles. The van der Waals surface area contributed by atoms with Crippen LogP contribution in [0.2, 0.25) is 0 Å². The van der Waals surface area contributed by atoms with Crippen LogP contribution in [0.15, 0.2) is 18.3 Å². The first-order valence-corrected chi connectivity index (χ1v) is 7.94. The first-order chi connectivity index (χ1) is 11.3. The molecule has 1 amide bonds. The van der Waals surface area contributed by atoms with Gasteiger partial charge in [-0.15, -0.1) is 0 Å². The van der Waals surface area contributed by atoms with E-state index in [0.717, 1.165) is 13.1 Å². The van der Waals surface area contributed by atoms with E-state index >= 15 is 0 Å². The van der Waals surface area contributed by atoms with Gasteiger partial charge in [0.1, 0.15) is 0 Å². The summed E-state index contributed by atoms with van der Waals surface area (Å²) in [4.78, 5) is 19.7. The highest BCUT2D eigenvalue weighted by Gasteiger charge is 2.29. The predicted molar refractivity (Wildman–Crippen MR) is 84.5 cm³/mol. The number of nitrogens with zero attached hydrogens (tertiary/aromatic N) is 3. The summed E-state index contributed by atoms with van der Waals surface area (Å²) in [7, 11) is 0. The van der Waals surface area contributed by atoms with Gasteiger partial charge < -0.3 is 14.9 Å². The van der Waals surface area contributed by atoms with E-state index in [2.05, 4.69) is 4.98 Å². The molecule has 0 radical (unpaired) electrons. The molecule has 1 aromatic heterocycles. The van der Waals surface area contributed by atoms with Crippen LogP contribution in [0, 0.1) is 0 Å². The minimum absolute atomic E-state index is 0.216. The highest BCUT2D eigenvalue weighted by molar-refractivity contribution is 5.94. The number of halogens is 3. The molecule has 1 rings (SSSR count). The maximum atomic E-state index is 12.5. The number of amides is 1. The van der Waals surface area contributed by atoms with E-state index in [9.17, 15) is 18.0 Å². The standard InChI is InChI=1S/C16H24F3N3O2/c1-3-21(4-2)9-10-22(8-6-16(17,18)19)15(24)13-5-7-20-14(11-13)12-23/h5,7,11,23H,3-4,6,8-10,12H2,1-2H3. The number of aromatic nitrogens is 1. The molecule has 0 fully saturated rings. The number of aliphatic hydroxyl groups excluding tert-OH is 1. The number of alkyl halides is 3. The molecule has 8 heteroatoms. The Morgan fingerprint density at radius 3 is 2.42 bits per heavy atom. The maximum Gasteiger partial charge on any atom is 0.390 e. The van der Waals surface area contributed by atoms with Gasteiger partial charge >= 0.3 is 6.18 Å². The largest absolute Gasteiger partial charge is 0.390 e. The Kier molecular flexibility index (Phi) is 8.14. The Labute approximate surface area is 140 Å². The van der Waals surface area contributed by atoms with Crippen LogP contribution < -0.4 is 0 Å². The predicted octanol–water partition coefficient (Wildman–Crippen LogP) is 2.31. The third kappa shape index (κ3) is 6.84. The lowest BCUT2D eigenvalue weighted by Gasteiger charge is -2.27. The average Bonchev–Trinajstić information content (AvgIpc) is 2.56. The number of pyridine rings is 1. The van der Waals surface area contributed by atoms with E-state index in [1.165, 1.54) is 23.2 Å². The molecule has 1 N–H and O–H groups in total. The van der Waals surface area contributed by atoms with Gasteiger partial charge in [-0.1, -0.05) is 13.8 Å². The van der Waals surface area contributed by atoms with E-state index in [4.69, 9.17) is 5.11 Å². The molecule has 0 saturated heterocycles. The smallest absolute Gasteiger partial charge is 0.390 e. The molecule has 5 nitrogen and oxygen atoms in total. The zero-order chi connectivity index (χ0) is 18.2. The molecular formula is C16H24F3N3O2. The quantitative estimate of drug-likeness (QED) is 0.745. The summed E-state index contributed by atoms with van der Waals surface area (Å²) in [6.45, 7) is 5.46. The Morgan fingerprint density at radius 2 is 1.88 bits per heavy atom. The summed E-state index contributed by atoms with van der Waals surface area (Å²) in [6.07, 6.45) is -4.00. The highest BCUT2D eigenvalue weighted by atomic mass is 19.4. The van der Waals surface area contributed by atoms with E-state index < -0.39 is 18.5 Å². The second kappa shape index (κ2) is 9.58. The Hall–Kier alpha value is -1.67. The van der Waals surface area contributed by atoms with Crippen molar-refractivity contribution in [2.75, 3.05) is 32.7 Å². The van der Waals surface area contributed by atoms with Crippen molar-refractivity contribution in [3.8, 4) is 0 Å². The van der Waals surface area contributed by atoms with Gasteiger partial charge in [0.2, 0.25) is 0 Å². The fourth-order valence-electron chi connectivity index (χ4n) is 2.26. The van der Waals surface area contributed by atoms with Gasteiger partial charge in [0.15, 0.2) is 0 Å². The Morgan fingerprint density at radius 1 is 1.21 bits per heavy atom. The number of aliphatic hydroxyl groups is 1. The van der Waals surface area contributed by atoms with Crippen LogP contribution in [-0.4, -0.2) is 64.7 Å². The molecule has 0 aliphatic heterocycles. The monoisotopic (exact) mass is 347 g/mol. The molecule has 136 valence electrons. The molecule has 0 aromatic carbocycles. The molecule has 24 heavy (non-hydrogen) atoms. The number of carbonyl (C=O) groups is 1. The van der Waals surface area contributed by atoms with Crippen LogP contribution in [0.5, 0.6) is 0 Å². The number of rotatable bonds is 9. The van der Waals surface area contributed by atoms with Gasteiger partial charge in [0, 0.05) is 31.4 Å². The molecular weight excluding hydrogens is 323 g/mol. The van der Waals surface area contributed by atoms with Crippen LogP contribution in [0.3, 0.4) is 0 Å². The van der Waals surface area contributed by atoms with Crippen LogP contribution in [0.1, 0.15) is 36.3 Å². The van der Waals surface area contributed by atoms with Crippen molar-refractivity contribution in [3.63, 3.8) is 0 Å². The number of hydrogen-bond donors (Lipinski definition) is 1. The second-order valence-electron chi connectivity index (χ2n) is 5.38. The van der Waals surface area contributed by atoms with Crippen molar-refractivity contribution in [2.45, 2.75) is 33.1 Å². The fraction of sp³-hybridized carbons (Fsp3) is 0.625. The molecule has 0 unspecified atom stereocenters. The molecule has 0 aliphatic rings. The summed E-state index contributed by atoms with van der Waals surface area (Å²) in [5.41, 5.74) is 0.538. The number of likely N-dealkylation sites (N-methyl/N-ethyl adjacent to an activating group) is 1. The first-order valence-electron chi connectivity index (χ1n) is 7.94. The number of carbonyl (C=O) groups excluding carboxylic acids is 1. The lowest BCUT2D eigenvalue weighted by molar-refractivity contribution is -0.136.